The fourth-order valence-electron chi connectivity index (χ4n) is 2.94. The summed E-state index contributed by atoms with van der Waals surface area (Å²) in [4.78, 5) is 11.7. The number of carbonyl (C=O) groups excluding carboxylic acids is 1. The standard InChI is InChI=1S/C20H23BrO6/c1-23-13-8-6-12(7-9-13)16(17(21)20(22)27-5)14-10-11-15(24-2)19(26-4)18(14)25-3/h6-11,16-17H,1-5H3/t16-,17+/m1/s1. The maximum absolute atomic E-state index is 12.3. The van der Waals surface area contributed by atoms with Crippen LogP contribution in [0.4, 0.5) is 0 Å². The molecule has 0 aliphatic heterocycles. The summed E-state index contributed by atoms with van der Waals surface area (Å²) in [5.41, 5.74) is 1.64. The lowest BCUT2D eigenvalue weighted by Crippen LogP contribution is -2.25. The highest BCUT2D eigenvalue weighted by molar-refractivity contribution is 9.10. The Kier molecular flexibility index (Phi) is 7.36. The van der Waals surface area contributed by atoms with Gasteiger partial charge in [0.25, 0.3) is 0 Å². The van der Waals surface area contributed by atoms with Crippen LogP contribution in [0.2, 0.25) is 0 Å². The van der Waals surface area contributed by atoms with Gasteiger partial charge >= 0.3 is 5.97 Å². The Balaban J connectivity index is 2.67. The molecule has 0 aliphatic carbocycles. The molecule has 0 saturated heterocycles. The van der Waals surface area contributed by atoms with Gasteiger partial charge in [0, 0.05) is 11.5 Å². The van der Waals surface area contributed by atoms with Crippen molar-refractivity contribution >= 4 is 21.9 Å². The van der Waals surface area contributed by atoms with Crippen LogP contribution in [-0.4, -0.2) is 46.3 Å². The van der Waals surface area contributed by atoms with Crippen LogP contribution in [0, 0.1) is 0 Å². The SMILES string of the molecule is COC(=O)[C@@H](Br)[C@H](c1ccc(OC)cc1)c1ccc(OC)c(OC)c1OC. The first-order valence-electron chi connectivity index (χ1n) is 8.17. The first-order valence-corrected chi connectivity index (χ1v) is 9.08. The van der Waals surface area contributed by atoms with Crippen LogP contribution < -0.4 is 18.9 Å². The van der Waals surface area contributed by atoms with Crippen molar-refractivity contribution in [2.75, 3.05) is 35.5 Å². The van der Waals surface area contributed by atoms with Gasteiger partial charge in [-0.3, -0.25) is 4.79 Å². The van der Waals surface area contributed by atoms with E-state index in [0.717, 1.165) is 16.9 Å². The van der Waals surface area contributed by atoms with Gasteiger partial charge in [-0.05, 0) is 23.8 Å². The Morgan fingerprint density at radius 2 is 1.44 bits per heavy atom. The fourth-order valence-corrected chi connectivity index (χ4v) is 3.71. The molecule has 27 heavy (non-hydrogen) atoms. The summed E-state index contributed by atoms with van der Waals surface area (Å²) < 4.78 is 26.6. The fraction of sp³-hybridized carbons (Fsp3) is 0.350. The van der Waals surface area contributed by atoms with E-state index in [1.165, 1.54) is 7.11 Å². The van der Waals surface area contributed by atoms with E-state index in [0.29, 0.717) is 17.2 Å². The Bertz CT molecular complexity index is 775. The van der Waals surface area contributed by atoms with Gasteiger partial charge in [-0.15, -0.1) is 0 Å². The number of esters is 1. The molecule has 0 spiro atoms. The zero-order valence-electron chi connectivity index (χ0n) is 15.9. The summed E-state index contributed by atoms with van der Waals surface area (Å²) in [5.74, 6) is 1.43. The molecule has 0 heterocycles. The molecule has 0 radical (unpaired) electrons. The highest BCUT2D eigenvalue weighted by atomic mass is 79.9. The van der Waals surface area contributed by atoms with Crippen molar-refractivity contribution in [3.8, 4) is 23.0 Å². The molecule has 0 unspecified atom stereocenters. The normalized spacial score (nSPS) is 12.7. The lowest BCUT2D eigenvalue weighted by Gasteiger charge is -2.25. The van der Waals surface area contributed by atoms with Crippen molar-refractivity contribution in [2.24, 2.45) is 0 Å². The minimum atomic E-state index is -0.636. The minimum Gasteiger partial charge on any atom is -0.497 e. The van der Waals surface area contributed by atoms with Crippen molar-refractivity contribution in [1.82, 2.24) is 0 Å². The van der Waals surface area contributed by atoms with Gasteiger partial charge in [-0.1, -0.05) is 34.1 Å². The molecule has 0 amide bonds. The summed E-state index contributed by atoms with van der Waals surface area (Å²) in [6.07, 6.45) is 0. The Hall–Kier alpha value is -2.41. The number of alkyl halides is 1. The quantitative estimate of drug-likeness (QED) is 0.461. The van der Waals surface area contributed by atoms with E-state index in [9.17, 15) is 4.79 Å². The average molecular weight is 439 g/mol. The molecule has 0 N–H and O–H groups in total. The van der Waals surface area contributed by atoms with Crippen LogP contribution in [0.3, 0.4) is 0 Å². The van der Waals surface area contributed by atoms with E-state index in [2.05, 4.69) is 15.9 Å². The highest BCUT2D eigenvalue weighted by Crippen LogP contribution is 2.46. The number of carbonyl (C=O) groups is 1. The topological polar surface area (TPSA) is 63.2 Å². The third-order valence-electron chi connectivity index (χ3n) is 4.26. The van der Waals surface area contributed by atoms with E-state index in [1.54, 1.807) is 34.5 Å². The van der Waals surface area contributed by atoms with Crippen molar-refractivity contribution in [3.63, 3.8) is 0 Å². The monoisotopic (exact) mass is 438 g/mol. The average Bonchev–Trinajstić information content (AvgIpc) is 2.72. The number of methoxy groups -OCH3 is 5. The van der Waals surface area contributed by atoms with Crippen LogP contribution >= 0.6 is 15.9 Å². The number of hydrogen-bond acceptors (Lipinski definition) is 6. The molecule has 2 atom stereocenters. The van der Waals surface area contributed by atoms with Crippen molar-refractivity contribution in [2.45, 2.75) is 10.7 Å². The Morgan fingerprint density at radius 1 is 0.815 bits per heavy atom. The van der Waals surface area contributed by atoms with Crippen molar-refractivity contribution in [3.05, 3.63) is 47.5 Å². The van der Waals surface area contributed by atoms with Crippen LogP contribution in [0.25, 0.3) is 0 Å². The number of ether oxygens (including phenoxy) is 5. The summed E-state index contributed by atoms with van der Waals surface area (Å²) >= 11 is 3.49. The first-order chi connectivity index (χ1) is 13.0. The maximum atomic E-state index is 12.3. The molecule has 2 aromatic rings. The largest absolute Gasteiger partial charge is 0.497 e. The van der Waals surface area contributed by atoms with Gasteiger partial charge in [0.2, 0.25) is 5.75 Å². The van der Waals surface area contributed by atoms with Gasteiger partial charge in [-0.25, -0.2) is 0 Å². The zero-order valence-corrected chi connectivity index (χ0v) is 17.5. The Morgan fingerprint density at radius 3 is 1.93 bits per heavy atom. The number of hydrogen-bond donors (Lipinski definition) is 0. The predicted octanol–water partition coefficient (Wildman–Crippen LogP) is 3.79. The smallest absolute Gasteiger partial charge is 0.320 e. The minimum absolute atomic E-state index is 0.391. The lowest BCUT2D eigenvalue weighted by atomic mass is 9.87. The molecular formula is C20H23BrO6. The van der Waals surface area contributed by atoms with Gasteiger partial charge in [0.1, 0.15) is 10.6 Å². The van der Waals surface area contributed by atoms with Crippen LogP contribution in [-0.2, 0) is 9.53 Å². The molecule has 0 saturated carbocycles. The lowest BCUT2D eigenvalue weighted by molar-refractivity contribution is -0.140. The van der Waals surface area contributed by atoms with Crippen LogP contribution in [0.1, 0.15) is 17.0 Å². The van der Waals surface area contributed by atoms with Crippen LogP contribution in [0.15, 0.2) is 36.4 Å². The Labute approximate surface area is 167 Å². The molecule has 0 aromatic heterocycles. The van der Waals surface area contributed by atoms with Crippen molar-refractivity contribution in [1.29, 1.82) is 0 Å². The molecule has 7 heteroatoms. The summed E-state index contributed by atoms with van der Waals surface area (Å²) in [6.45, 7) is 0. The molecule has 0 aliphatic rings. The van der Waals surface area contributed by atoms with E-state index >= 15 is 0 Å². The van der Waals surface area contributed by atoms with Gasteiger partial charge < -0.3 is 23.7 Å². The first kappa shape index (κ1) is 20.9. The third-order valence-corrected chi connectivity index (χ3v) is 5.17. The maximum Gasteiger partial charge on any atom is 0.320 e. The molecule has 0 fully saturated rings. The number of benzene rings is 2. The predicted molar refractivity (Wildman–Crippen MR) is 106 cm³/mol. The van der Waals surface area contributed by atoms with Gasteiger partial charge in [0.15, 0.2) is 11.5 Å². The van der Waals surface area contributed by atoms with Crippen LogP contribution in [0.5, 0.6) is 23.0 Å². The molecular weight excluding hydrogens is 416 g/mol. The molecule has 0 bridgehead atoms. The molecule has 2 rings (SSSR count). The third kappa shape index (κ3) is 4.30. The number of halogens is 1. The van der Waals surface area contributed by atoms with E-state index in [4.69, 9.17) is 23.7 Å². The molecule has 6 nitrogen and oxygen atoms in total. The van der Waals surface area contributed by atoms with Gasteiger partial charge in [0.05, 0.1) is 35.5 Å². The second kappa shape index (κ2) is 9.50. The highest BCUT2D eigenvalue weighted by Gasteiger charge is 2.33. The van der Waals surface area contributed by atoms with Crippen molar-refractivity contribution < 1.29 is 28.5 Å². The van der Waals surface area contributed by atoms with Gasteiger partial charge in [-0.2, -0.15) is 0 Å². The summed E-state index contributed by atoms with van der Waals surface area (Å²) in [7, 11) is 7.60. The second-order valence-electron chi connectivity index (χ2n) is 5.60. The van der Waals surface area contributed by atoms with E-state index in [-0.39, 0.29) is 0 Å². The molecule has 2 aromatic carbocycles. The second-order valence-corrected chi connectivity index (χ2v) is 6.59. The molecule has 146 valence electrons. The number of rotatable bonds is 8. The summed E-state index contributed by atoms with van der Waals surface area (Å²) in [5, 5.41) is 0. The zero-order chi connectivity index (χ0) is 20.0. The summed E-state index contributed by atoms with van der Waals surface area (Å²) in [6, 6.07) is 11.1. The van der Waals surface area contributed by atoms with E-state index < -0.39 is 16.7 Å². The van der Waals surface area contributed by atoms with E-state index in [1.807, 2.05) is 30.3 Å².